The number of rotatable bonds is 6. The Kier molecular flexibility index (Phi) is 6.08. The SMILES string of the molecule is COC(=O)C(CCCC=O)C1CCCCO1. The molecule has 2 unspecified atom stereocenters. The van der Waals surface area contributed by atoms with E-state index in [0.29, 0.717) is 12.8 Å². The van der Waals surface area contributed by atoms with Crippen LogP contribution in [-0.2, 0) is 19.1 Å². The van der Waals surface area contributed by atoms with Crippen LogP contribution in [-0.4, -0.2) is 32.1 Å². The molecule has 0 aromatic carbocycles. The Morgan fingerprint density at radius 2 is 2.38 bits per heavy atom. The van der Waals surface area contributed by atoms with Crippen molar-refractivity contribution in [2.75, 3.05) is 13.7 Å². The van der Waals surface area contributed by atoms with Crippen molar-refractivity contribution in [1.82, 2.24) is 0 Å². The van der Waals surface area contributed by atoms with Gasteiger partial charge >= 0.3 is 5.97 Å². The summed E-state index contributed by atoms with van der Waals surface area (Å²) in [7, 11) is 1.40. The summed E-state index contributed by atoms with van der Waals surface area (Å²) in [6, 6.07) is 0. The van der Waals surface area contributed by atoms with Gasteiger partial charge in [-0.25, -0.2) is 0 Å². The number of esters is 1. The van der Waals surface area contributed by atoms with E-state index in [0.717, 1.165) is 38.6 Å². The fraction of sp³-hybridized carbons (Fsp3) is 0.833. The molecule has 0 bridgehead atoms. The van der Waals surface area contributed by atoms with Crippen molar-refractivity contribution in [2.24, 2.45) is 5.92 Å². The Morgan fingerprint density at radius 1 is 1.56 bits per heavy atom. The lowest BCUT2D eigenvalue weighted by Crippen LogP contribution is -2.34. The van der Waals surface area contributed by atoms with Crippen molar-refractivity contribution in [1.29, 1.82) is 0 Å². The van der Waals surface area contributed by atoms with E-state index in [1.54, 1.807) is 0 Å². The quantitative estimate of drug-likeness (QED) is 0.394. The first kappa shape index (κ1) is 13.2. The molecule has 92 valence electrons. The van der Waals surface area contributed by atoms with Gasteiger partial charge in [-0.2, -0.15) is 0 Å². The van der Waals surface area contributed by atoms with Gasteiger partial charge in [-0.1, -0.05) is 0 Å². The zero-order valence-corrected chi connectivity index (χ0v) is 9.81. The summed E-state index contributed by atoms with van der Waals surface area (Å²) in [6.45, 7) is 0.728. The molecule has 0 N–H and O–H groups in total. The lowest BCUT2D eigenvalue weighted by atomic mass is 9.91. The Balaban J connectivity index is 2.47. The lowest BCUT2D eigenvalue weighted by Gasteiger charge is -2.28. The van der Waals surface area contributed by atoms with E-state index in [4.69, 9.17) is 9.47 Å². The van der Waals surface area contributed by atoms with Gasteiger partial charge in [0.15, 0.2) is 0 Å². The van der Waals surface area contributed by atoms with Gasteiger partial charge in [0.2, 0.25) is 0 Å². The Labute approximate surface area is 96.3 Å². The van der Waals surface area contributed by atoms with Crippen LogP contribution in [0.1, 0.15) is 38.5 Å². The molecule has 1 rings (SSSR count). The maximum absolute atomic E-state index is 11.6. The third-order valence-corrected chi connectivity index (χ3v) is 3.00. The predicted octanol–water partition coefficient (Wildman–Crippen LogP) is 1.71. The van der Waals surface area contributed by atoms with Gasteiger partial charge in [-0.05, 0) is 32.1 Å². The van der Waals surface area contributed by atoms with Crippen LogP contribution >= 0.6 is 0 Å². The number of hydrogen-bond acceptors (Lipinski definition) is 4. The van der Waals surface area contributed by atoms with Crippen LogP contribution in [0.5, 0.6) is 0 Å². The molecule has 0 aromatic heterocycles. The van der Waals surface area contributed by atoms with Crippen LogP contribution in [0.4, 0.5) is 0 Å². The fourth-order valence-corrected chi connectivity index (χ4v) is 2.11. The van der Waals surface area contributed by atoms with Gasteiger partial charge in [0.1, 0.15) is 6.29 Å². The van der Waals surface area contributed by atoms with Crippen LogP contribution in [0.2, 0.25) is 0 Å². The number of ether oxygens (including phenoxy) is 2. The first-order valence-corrected chi connectivity index (χ1v) is 5.92. The third-order valence-electron chi connectivity index (χ3n) is 3.00. The van der Waals surface area contributed by atoms with Gasteiger partial charge < -0.3 is 14.3 Å². The van der Waals surface area contributed by atoms with Gasteiger partial charge in [-0.3, -0.25) is 4.79 Å². The summed E-state index contributed by atoms with van der Waals surface area (Å²) in [5, 5.41) is 0. The van der Waals surface area contributed by atoms with Crippen LogP contribution in [0, 0.1) is 5.92 Å². The first-order chi connectivity index (χ1) is 7.79. The second-order valence-electron chi connectivity index (χ2n) is 4.13. The van der Waals surface area contributed by atoms with E-state index in [2.05, 4.69) is 0 Å². The molecule has 16 heavy (non-hydrogen) atoms. The van der Waals surface area contributed by atoms with Crippen LogP contribution in [0.25, 0.3) is 0 Å². The van der Waals surface area contributed by atoms with Crippen molar-refractivity contribution in [3.63, 3.8) is 0 Å². The molecular weight excluding hydrogens is 208 g/mol. The highest BCUT2D eigenvalue weighted by Gasteiger charge is 2.30. The van der Waals surface area contributed by atoms with E-state index in [1.807, 2.05) is 0 Å². The van der Waals surface area contributed by atoms with Gasteiger partial charge in [0.05, 0.1) is 19.1 Å². The summed E-state index contributed by atoms with van der Waals surface area (Å²) in [5.41, 5.74) is 0. The Morgan fingerprint density at radius 3 is 2.94 bits per heavy atom. The largest absolute Gasteiger partial charge is 0.469 e. The Hall–Kier alpha value is -0.900. The van der Waals surface area contributed by atoms with E-state index in [9.17, 15) is 9.59 Å². The topological polar surface area (TPSA) is 52.6 Å². The molecule has 0 aliphatic carbocycles. The molecular formula is C12H20O4. The second kappa shape index (κ2) is 7.39. The zero-order valence-electron chi connectivity index (χ0n) is 9.81. The Bertz CT molecular complexity index is 221. The third kappa shape index (κ3) is 3.93. The number of carbonyl (C=O) groups is 2. The second-order valence-corrected chi connectivity index (χ2v) is 4.13. The highest BCUT2D eigenvalue weighted by molar-refractivity contribution is 5.73. The van der Waals surface area contributed by atoms with Gasteiger partial charge in [0, 0.05) is 13.0 Å². The predicted molar refractivity (Wildman–Crippen MR) is 59.0 cm³/mol. The van der Waals surface area contributed by atoms with E-state index in [-0.39, 0.29) is 18.0 Å². The highest BCUT2D eigenvalue weighted by atomic mass is 16.5. The monoisotopic (exact) mass is 228 g/mol. The number of carbonyl (C=O) groups excluding carboxylic acids is 2. The lowest BCUT2D eigenvalue weighted by molar-refractivity contribution is -0.153. The summed E-state index contributed by atoms with van der Waals surface area (Å²) >= 11 is 0. The summed E-state index contributed by atoms with van der Waals surface area (Å²) in [5.74, 6) is -0.414. The van der Waals surface area contributed by atoms with Crippen molar-refractivity contribution in [2.45, 2.75) is 44.6 Å². The van der Waals surface area contributed by atoms with E-state index >= 15 is 0 Å². The van der Waals surface area contributed by atoms with E-state index < -0.39 is 0 Å². The number of aldehydes is 1. The van der Waals surface area contributed by atoms with Crippen molar-refractivity contribution < 1.29 is 19.1 Å². The minimum atomic E-state index is -0.210. The maximum Gasteiger partial charge on any atom is 0.311 e. The normalized spacial score (nSPS) is 22.4. The van der Waals surface area contributed by atoms with E-state index in [1.165, 1.54) is 7.11 Å². The molecule has 1 aliphatic rings. The van der Waals surface area contributed by atoms with Crippen LogP contribution < -0.4 is 0 Å². The van der Waals surface area contributed by atoms with Crippen molar-refractivity contribution in [3.05, 3.63) is 0 Å². The summed E-state index contributed by atoms with van der Waals surface area (Å²) in [6.07, 6.45) is 5.86. The molecule has 0 amide bonds. The number of unbranched alkanes of at least 4 members (excludes halogenated alkanes) is 1. The molecule has 1 saturated heterocycles. The average Bonchev–Trinajstić information content (AvgIpc) is 2.35. The smallest absolute Gasteiger partial charge is 0.311 e. The van der Waals surface area contributed by atoms with Crippen LogP contribution in [0.15, 0.2) is 0 Å². The summed E-state index contributed by atoms with van der Waals surface area (Å²) in [4.78, 5) is 21.9. The first-order valence-electron chi connectivity index (χ1n) is 5.92. The molecule has 0 spiro atoms. The van der Waals surface area contributed by atoms with Gasteiger partial charge in [0.25, 0.3) is 0 Å². The molecule has 4 nitrogen and oxygen atoms in total. The van der Waals surface area contributed by atoms with Crippen molar-refractivity contribution in [3.8, 4) is 0 Å². The molecule has 1 fully saturated rings. The maximum atomic E-state index is 11.6. The fourth-order valence-electron chi connectivity index (χ4n) is 2.11. The summed E-state index contributed by atoms with van der Waals surface area (Å²) < 4.78 is 10.4. The molecule has 1 aliphatic heterocycles. The minimum Gasteiger partial charge on any atom is -0.469 e. The highest BCUT2D eigenvalue weighted by Crippen LogP contribution is 2.25. The van der Waals surface area contributed by atoms with Crippen LogP contribution in [0.3, 0.4) is 0 Å². The minimum absolute atomic E-state index is 0.0205. The molecule has 0 radical (unpaired) electrons. The molecule has 4 heteroatoms. The average molecular weight is 228 g/mol. The molecule has 2 atom stereocenters. The van der Waals surface area contributed by atoms with Crippen molar-refractivity contribution >= 4 is 12.3 Å². The zero-order chi connectivity index (χ0) is 11.8. The number of hydrogen-bond donors (Lipinski definition) is 0. The molecule has 1 heterocycles. The standard InChI is InChI=1S/C12H20O4/c1-15-12(14)10(6-2-4-8-13)11-7-3-5-9-16-11/h8,10-11H,2-7,9H2,1H3. The number of methoxy groups -OCH3 is 1. The molecule has 0 aromatic rings. The molecule has 0 saturated carbocycles. The van der Waals surface area contributed by atoms with Gasteiger partial charge in [-0.15, -0.1) is 0 Å².